The molecule has 4 rings (SSSR count). The van der Waals surface area contributed by atoms with Gasteiger partial charge < -0.3 is 20.0 Å². The van der Waals surface area contributed by atoms with E-state index in [-0.39, 0.29) is 24.4 Å². The number of anilines is 1. The summed E-state index contributed by atoms with van der Waals surface area (Å²) in [6, 6.07) is 13.7. The molecule has 1 aromatic carbocycles. The van der Waals surface area contributed by atoms with Gasteiger partial charge in [0, 0.05) is 42.8 Å². The fourth-order valence-corrected chi connectivity index (χ4v) is 5.09. The molecule has 7 nitrogen and oxygen atoms in total. The van der Waals surface area contributed by atoms with Crippen molar-refractivity contribution in [1.82, 2.24) is 15.5 Å². The van der Waals surface area contributed by atoms with Crippen molar-refractivity contribution in [3.8, 4) is 0 Å². The molecule has 0 unspecified atom stereocenters. The minimum absolute atomic E-state index is 0.0535. The number of nitrogens with one attached hydrogen (secondary N) is 2. The van der Waals surface area contributed by atoms with Crippen LogP contribution < -0.4 is 15.5 Å². The molecule has 0 spiro atoms. The van der Waals surface area contributed by atoms with E-state index in [0.29, 0.717) is 5.76 Å². The number of piperazine rings is 1. The van der Waals surface area contributed by atoms with Gasteiger partial charge in [0.2, 0.25) is 0 Å². The molecule has 0 radical (unpaired) electrons. The number of amides is 2. The number of nitrogens with zero attached hydrogens (tertiary/aromatic N) is 2. The van der Waals surface area contributed by atoms with Crippen LogP contribution in [0.25, 0.3) is 0 Å². The van der Waals surface area contributed by atoms with Crippen LogP contribution in [0.3, 0.4) is 0 Å². The van der Waals surface area contributed by atoms with E-state index >= 15 is 0 Å². The largest absolute Gasteiger partial charge is 0.467 e. The second-order valence-electron chi connectivity index (χ2n) is 7.98. The van der Waals surface area contributed by atoms with Gasteiger partial charge in [-0.15, -0.1) is 11.3 Å². The summed E-state index contributed by atoms with van der Waals surface area (Å²) >= 11 is 1.63. The Balaban J connectivity index is 1.37. The van der Waals surface area contributed by atoms with Gasteiger partial charge in [-0.25, -0.2) is 4.39 Å². The Hall–Kier alpha value is -3.17. The van der Waals surface area contributed by atoms with Crippen LogP contribution in [0.15, 0.2) is 64.6 Å². The van der Waals surface area contributed by atoms with Crippen molar-refractivity contribution in [1.29, 1.82) is 0 Å². The van der Waals surface area contributed by atoms with Gasteiger partial charge in [-0.1, -0.05) is 6.07 Å². The first-order valence-electron chi connectivity index (χ1n) is 10.9. The number of carbonyl (C=O) groups excluding carboxylic acids is 2. The molecule has 2 aromatic heterocycles. The monoisotopic (exact) mass is 470 g/mol. The van der Waals surface area contributed by atoms with Gasteiger partial charge in [-0.05, 0) is 54.8 Å². The van der Waals surface area contributed by atoms with Crippen molar-refractivity contribution in [2.24, 2.45) is 0 Å². The molecular weight excluding hydrogens is 443 g/mol. The fourth-order valence-electron chi connectivity index (χ4n) is 4.12. The minimum atomic E-state index is -0.690. The second kappa shape index (κ2) is 10.6. The van der Waals surface area contributed by atoms with E-state index in [4.69, 9.17) is 4.42 Å². The normalized spacial score (nSPS) is 16.2. The van der Waals surface area contributed by atoms with Crippen LogP contribution in [-0.4, -0.2) is 48.9 Å². The Kier molecular flexibility index (Phi) is 7.41. The average molecular weight is 471 g/mol. The van der Waals surface area contributed by atoms with Crippen molar-refractivity contribution in [3.63, 3.8) is 0 Å². The number of rotatable bonds is 7. The summed E-state index contributed by atoms with van der Waals surface area (Å²) in [5.74, 6) is -1.02. The molecule has 174 valence electrons. The van der Waals surface area contributed by atoms with E-state index in [0.717, 1.165) is 36.7 Å². The zero-order valence-corrected chi connectivity index (χ0v) is 19.2. The van der Waals surface area contributed by atoms with Crippen molar-refractivity contribution in [2.45, 2.75) is 25.6 Å². The molecular formula is C24H27FN4O3S. The third kappa shape index (κ3) is 5.80. The Bertz CT molecular complexity index is 1030. The summed E-state index contributed by atoms with van der Waals surface area (Å²) in [7, 11) is 0. The Morgan fingerprint density at radius 3 is 2.45 bits per heavy atom. The third-order valence-electron chi connectivity index (χ3n) is 5.78. The van der Waals surface area contributed by atoms with E-state index in [1.165, 1.54) is 18.4 Å². The van der Waals surface area contributed by atoms with Gasteiger partial charge in [0.15, 0.2) is 0 Å². The first kappa shape index (κ1) is 23.0. The quantitative estimate of drug-likeness (QED) is 0.519. The molecule has 0 bridgehead atoms. The summed E-state index contributed by atoms with van der Waals surface area (Å²) in [5, 5.41) is 7.47. The van der Waals surface area contributed by atoms with Crippen LogP contribution in [0.4, 0.5) is 10.1 Å². The van der Waals surface area contributed by atoms with E-state index in [1.54, 1.807) is 35.6 Å². The predicted molar refractivity (Wildman–Crippen MR) is 125 cm³/mol. The van der Waals surface area contributed by atoms with Crippen molar-refractivity contribution in [2.75, 3.05) is 31.1 Å². The lowest BCUT2D eigenvalue weighted by Crippen LogP contribution is -2.53. The maximum absolute atomic E-state index is 13.3. The molecule has 3 aromatic rings. The van der Waals surface area contributed by atoms with Crippen LogP contribution in [0.2, 0.25) is 0 Å². The second-order valence-corrected chi connectivity index (χ2v) is 8.96. The third-order valence-corrected chi connectivity index (χ3v) is 6.72. The first-order valence-corrected chi connectivity index (χ1v) is 11.8. The number of thiophene rings is 1. The lowest BCUT2D eigenvalue weighted by atomic mass is 10.0. The molecule has 1 fully saturated rings. The van der Waals surface area contributed by atoms with Gasteiger partial charge in [0.1, 0.15) is 11.6 Å². The van der Waals surface area contributed by atoms with Crippen molar-refractivity contribution < 1.29 is 18.4 Å². The van der Waals surface area contributed by atoms with E-state index < -0.39 is 11.8 Å². The highest BCUT2D eigenvalue weighted by molar-refractivity contribution is 7.10. The summed E-state index contributed by atoms with van der Waals surface area (Å²) in [6.07, 6.45) is 1.52. The zero-order valence-electron chi connectivity index (χ0n) is 18.4. The van der Waals surface area contributed by atoms with Gasteiger partial charge >= 0.3 is 11.8 Å². The minimum Gasteiger partial charge on any atom is -0.467 e. The molecule has 9 heteroatoms. The number of hydrogen-bond donors (Lipinski definition) is 2. The topological polar surface area (TPSA) is 77.8 Å². The molecule has 2 N–H and O–H groups in total. The number of hydrogen-bond acceptors (Lipinski definition) is 6. The lowest BCUT2D eigenvalue weighted by molar-refractivity contribution is -0.140. The summed E-state index contributed by atoms with van der Waals surface area (Å²) in [4.78, 5) is 30.5. The Morgan fingerprint density at radius 2 is 1.82 bits per heavy atom. The molecule has 0 saturated carbocycles. The summed E-state index contributed by atoms with van der Waals surface area (Å²) < 4.78 is 18.4. The number of carbonyl (C=O) groups is 2. The smallest absolute Gasteiger partial charge is 0.309 e. The van der Waals surface area contributed by atoms with Crippen LogP contribution in [0.1, 0.15) is 23.6 Å². The molecule has 1 aliphatic rings. The van der Waals surface area contributed by atoms with Gasteiger partial charge in [0.25, 0.3) is 0 Å². The maximum Gasteiger partial charge on any atom is 0.309 e. The Labute approximate surface area is 196 Å². The first-order chi connectivity index (χ1) is 16.0. The zero-order chi connectivity index (χ0) is 23.2. The highest BCUT2D eigenvalue weighted by Gasteiger charge is 2.32. The summed E-state index contributed by atoms with van der Waals surface area (Å²) in [5.41, 5.74) is 0.998. The maximum atomic E-state index is 13.3. The van der Waals surface area contributed by atoms with E-state index in [2.05, 4.69) is 26.5 Å². The van der Waals surface area contributed by atoms with E-state index in [1.807, 2.05) is 18.4 Å². The molecule has 2 amide bonds. The SMILES string of the molecule is C[C@@H](NC(=O)C(=O)NCc1ccco1)[C@@H](c1cccs1)N1CCN(c2ccc(F)cc2)CC1. The number of benzene rings is 1. The van der Waals surface area contributed by atoms with Gasteiger partial charge in [-0.2, -0.15) is 0 Å². The highest BCUT2D eigenvalue weighted by atomic mass is 32.1. The molecule has 0 aliphatic carbocycles. The van der Waals surface area contributed by atoms with Gasteiger partial charge in [0.05, 0.1) is 18.8 Å². The predicted octanol–water partition coefficient (Wildman–Crippen LogP) is 3.16. The Morgan fingerprint density at radius 1 is 1.06 bits per heavy atom. The standard InChI is InChI=1S/C24H27FN4O3S/c1-17(27-24(31)23(30)26-16-20-4-2-14-32-20)22(21-5-3-15-33-21)29-12-10-28(11-13-29)19-8-6-18(25)7-9-19/h2-9,14-15,17,22H,10-13,16H2,1H3,(H,26,30)(H,27,31)/t17-,22+/m1/s1. The molecule has 1 saturated heterocycles. The van der Waals surface area contributed by atoms with Crippen LogP contribution in [-0.2, 0) is 16.1 Å². The van der Waals surface area contributed by atoms with Crippen LogP contribution in [0, 0.1) is 5.82 Å². The summed E-state index contributed by atoms with van der Waals surface area (Å²) in [6.45, 7) is 5.23. The molecule has 1 aliphatic heterocycles. The van der Waals surface area contributed by atoms with Crippen molar-refractivity contribution >= 4 is 28.8 Å². The lowest BCUT2D eigenvalue weighted by Gasteiger charge is -2.42. The molecule has 3 heterocycles. The average Bonchev–Trinajstić information content (AvgIpc) is 3.53. The van der Waals surface area contributed by atoms with E-state index in [9.17, 15) is 14.0 Å². The van der Waals surface area contributed by atoms with Crippen LogP contribution in [0.5, 0.6) is 0 Å². The molecule has 2 atom stereocenters. The number of furan rings is 1. The van der Waals surface area contributed by atoms with Crippen molar-refractivity contribution in [3.05, 3.63) is 76.6 Å². The fraction of sp³-hybridized carbons (Fsp3) is 0.333. The highest BCUT2D eigenvalue weighted by Crippen LogP contribution is 2.30. The van der Waals surface area contributed by atoms with Gasteiger partial charge in [-0.3, -0.25) is 14.5 Å². The molecule has 33 heavy (non-hydrogen) atoms. The number of halogens is 1. The van der Waals surface area contributed by atoms with Crippen LogP contribution >= 0.6 is 11.3 Å².